The largest absolute Gasteiger partial charge is 0.362 e. The predicted octanol–water partition coefficient (Wildman–Crippen LogP) is 6.14. The van der Waals surface area contributed by atoms with Crippen LogP contribution in [0.25, 0.3) is 0 Å². The van der Waals surface area contributed by atoms with Gasteiger partial charge in [0.05, 0.1) is 0 Å². The summed E-state index contributed by atoms with van der Waals surface area (Å²) in [6.07, 6.45) is 15.5. The minimum absolute atomic E-state index is 0.127. The molecule has 0 saturated carbocycles. The molecule has 0 fully saturated rings. The molecule has 0 aliphatic rings. The van der Waals surface area contributed by atoms with Crippen molar-refractivity contribution < 1.29 is 0 Å². The van der Waals surface area contributed by atoms with E-state index in [1.807, 2.05) is 25.3 Å². The Balaban J connectivity index is 4.58. The smallest absolute Gasteiger partial charge is 0.0333 e. The first-order valence-electron chi connectivity index (χ1n) is 7.69. The summed E-state index contributed by atoms with van der Waals surface area (Å²) in [7, 11) is 0. The van der Waals surface area contributed by atoms with Gasteiger partial charge in [0, 0.05) is 11.9 Å². The molecule has 0 aromatic carbocycles. The van der Waals surface area contributed by atoms with Crippen LogP contribution in [0.4, 0.5) is 0 Å². The molecule has 0 aromatic heterocycles. The molecule has 0 atom stereocenters. The van der Waals surface area contributed by atoms with Crippen LogP contribution in [0.2, 0.25) is 0 Å². The van der Waals surface area contributed by atoms with Crippen molar-refractivity contribution in [2.75, 3.05) is 0 Å². The van der Waals surface area contributed by atoms with Crippen molar-refractivity contribution in [3.63, 3.8) is 0 Å². The van der Waals surface area contributed by atoms with Crippen LogP contribution in [0.3, 0.4) is 0 Å². The summed E-state index contributed by atoms with van der Waals surface area (Å²) in [6, 6.07) is 0. The maximum Gasteiger partial charge on any atom is 0.0333 e. The van der Waals surface area contributed by atoms with E-state index in [0.29, 0.717) is 5.41 Å². The Labute approximate surface area is 132 Å². The SMILES string of the molecule is C=C/C(=C\C=C\NC(/C=C\CC(C)(C)C)=C/C)C(C)(C)C. The average molecular weight is 287 g/mol. The lowest BCUT2D eigenvalue weighted by atomic mass is 9.86. The van der Waals surface area contributed by atoms with Gasteiger partial charge in [-0.15, -0.1) is 0 Å². The summed E-state index contributed by atoms with van der Waals surface area (Å²) in [5.41, 5.74) is 2.80. The molecule has 1 nitrogen and oxygen atoms in total. The van der Waals surface area contributed by atoms with Crippen LogP contribution in [0.5, 0.6) is 0 Å². The van der Waals surface area contributed by atoms with E-state index in [-0.39, 0.29) is 5.41 Å². The highest BCUT2D eigenvalue weighted by Crippen LogP contribution is 2.25. The quantitative estimate of drug-likeness (QED) is 0.578. The van der Waals surface area contributed by atoms with Gasteiger partial charge in [-0.3, -0.25) is 0 Å². The Kier molecular flexibility index (Phi) is 8.09. The zero-order valence-electron chi connectivity index (χ0n) is 15.0. The maximum atomic E-state index is 3.88. The lowest BCUT2D eigenvalue weighted by Gasteiger charge is -2.19. The summed E-state index contributed by atoms with van der Waals surface area (Å²) in [5.74, 6) is 0. The zero-order chi connectivity index (χ0) is 16.5. The first kappa shape index (κ1) is 19.5. The lowest BCUT2D eigenvalue weighted by Crippen LogP contribution is -2.07. The molecule has 21 heavy (non-hydrogen) atoms. The van der Waals surface area contributed by atoms with E-state index in [2.05, 4.69) is 77.7 Å². The summed E-state index contributed by atoms with van der Waals surface area (Å²) < 4.78 is 0. The van der Waals surface area contributed by atoms with E-state index in [4.69, 9.17) is 0 Å². The monoisotopic (exact) mass is 287 g/mol. The Morgan fingerprint density at radius 2 is 1.71 bits per heavy atom. The van der Waals surface area contributed by atoms with Crippen LogP contribution < -0.4 is 5.32 Å². The van der Waals surface area contributed by atoms with E-state index in [1.165, 1.54) is 5.57 Å². The molecule has 0 aliphatic carbocycles. The molecule has 0 amide bonds. The topological polar surface area (TPSA) is 12.0 Å². The van der Waals surface area contributed by atoms with Gasteiger partial charge in [-0.25, -0.2) is 0 Å². The van der Waals surface area contributed by atoms with Gasteiger partial charge in [-0.05, 0) is 41.9 Å². The van der Waals surface area contributed by atoms with Crippen LogP contribution in [0.15, 0.2) is 60.5 Å². The molecule has 0 aliphatic heterocycles. The van der Waals surface area contributed by atoms with Crippen molar-refractivity contribution in [3.05, 3.63) is 60.5 Å². The molecule has 0 heterocycles. The van der Waals surface area contributed by atoms with Crippen molar-refractivity contribution in [1.29, 1.82) is 0 Å². The zero-order valence-corrected chi connectivity index (χ0v) is 15.0. The Morgan fingerprint density at radius 1 is 1.10 bits per heavy atom. The van der Waals surface area contributed by atoms with Crippen molar-refractivity contribution in [2.24, 2.45) is 10.8 Å². The van der Waals surface area contributed by atoms with Crippen molar-refractivity contribution in [2.45, 2.75) is 54.9 Å². The third-order valence-electron chi connectivity index (χ3n) is 3.05. The molecule has 118 valence electrons. The minimum atomic E-state index is 0.127. The first-order valence-corrected chi connectivity index (χ1v) is 7.69. The van der Waals surface area contributed by atoms with Crippen LogP contribution in [0.1, 0.15) is 54.9 Å². The van der Waals surface area contributed by atoms with Gasteiger partial charge >= 0.3 is 0 Å². The first-order chi connectivity index (χ1) is 9.60. The molecular formula is C20H33N. The Bertz CT molecular complexity index is 431. The fourth-order valence-electron chi connectivity index (χ4n) is 1.69. The predicted molar refractivity (Wildman–Crippen MR) is 97.0 cm³/mol. The van der Waals surface area contributed by atoms with Crippen molar-refractivity contribution in [3.8, 4) is 0 Å². The fourth-order valence-corrected chi connectivity index (χ4v) is 1.69. The number of rotatable bonds is 6. The summed E-state index contributed by atoms with van der Waals surface area (Å²) in [5, 5.41) is 3.30. The molecule has 1 heteroatoms. The third-order valence-corrected chi connectivity index (χ3v) is 3.05. The molecule has 0 aromatic rings. The van der Waals surface area contributed by atoms with Crippen LogP contribution in [-0.4, -0.2) is 0 Å². The van der Waals surface area contributed by atoms with Gasteiger partial charge in [0.2, 0.25) is 0 Å². The normalized spacial score (nSPS) is 15.0. The van der Waals surface area contributed by atoms with E-state index >= 15 is 0 Å². The summed E-state index contributed by atoms with van der Waals surface area (Å²) in [4.78, 5) is 0. The number of allylic oxidation sites excluding steroid dienone is 7. The Morgan fingerprint density at radius 3 is 2.14 bits per heavy atom. The maximum absolute atomic E-state index is 3.88. The third kappa shape index (κ3) is 9.95. The van der Waals surface area contributed by atoms with Crippen LogP contribution >= 0.6 is 0 Å². The number of hydrogen-bond acceptors (Lipinski definition) is 1. The van der Waals surface area contributed by atoms with E-state index in [0.717, 1.165) is 12.1 Å². The molecule has 0 saturated heterocycles. The van der Waals surface area contributed by atoms with Gasteiger partial charge in [0.25, 0.3) is 0 Å². The highest BCUT2D eigenvalue weighted by Gasteiger charge is 2.12. The second-order valence-corrected chi connectivity index (χ2v) is 7.49. The molecule has 0 radical (unpaired) electrons. The van der Waals surface area contributed by atoms with Gasteiger partial charge < -0.3 is 5.32 Å². The van der Waals surface area contributed by atoms with Crippen molar-refractivity contribution >= 4 is 0 Å². The summed E-state index contributed by atoms with van der Waals surface area (Å²) in [6.45, 7) is 19.2. The number of nitrogens with one attached hydrogen (secondary N) is 1. The van der Waals surface area contributed by atoms with Gasteiger partial charge in [0.1, 0.15) is 0 Å². The number of hydrogen-bond donors (Lipinski definition) is 1. The van der Waals surface area contributed by atoms with E-state index < -0.39 is 0 Å². The highest BCUT2D eigenvalue weighted by atomic mass is 14.8. The Hall–Kier alpha value is -1.50. The minimum Gasteiger partial charge on any atom is -0.362 e. The second-order valence-electron chi connectivity index (χ2n) is 7.49. The fraction of sp³-hybridized carbons (Fsp3) is 0.500. The van der Waals surface area contributed by atoms with Crippen LogP contribution in [0, 0.1) is 10.8 Å². The molecule has 0 unspecified atom stereocenters. The molecule has 0 bridgehead atoms. The van der Waals surface area contributed by atoms with Gasteiger partial charge in [0.15, 0.2) is 0 Å². The summed E-state index contributed by atoms with van der Waals surface area (Å²) >= 11 is 0. The second kappa shape index (κ2) is 8.71. The van der Waals surface area contributed by atoms with E-state index in [9.17, 15) is 0 Å². The van der Waals surface area contributed by atoms with Gasteiger partial charge in [-0.2, -0.15) is 0 Å². The molecule has 0 rings (SSSR count). The van der Waals surface area contributed by atoms with Crippen molar-refractivity contribution in [1.82, 2.24) is 5.32 Å². The average Bonchev–Trinajstić information content (AvgIpc) is 2.33. The highest BCUT2D eigenvalue weighted by molar-refractivity contribution is 5.28. The van der Waals surface area contributed by atoms with Crippen LogP contribution in [-0.2, 0) is 0 Å². The lowest BCUT2D eigenvalue weighted by molar-refractivity contribution is 0.420. The van der Waals surface area contributed by atoms with Gasteiger partial charge in [-0.1, -0.05) is 72.4 Å². The molecule has 1 N–H and O–H groups in total. The molecular weight excluding hydrogens is 254 g/mol. The standard InChI is InChI=1S/C20H33N/c1-9-17(20(6,7)8)13-12-16-21-18(10-2)14-11-15-19(3,4)5/h9-14,16,21H,1,15H2,2-8H3/b14-11-,16-12+,17-13+,18-10+. The molecule has 0 spiro atoms. The van der Waals surface area contributed by atoms with E-state index in [1.54, 1.807) is 0 Å².